The zero-order valence-electron chi connectivity index (χ0n) is 53.0. The van der Waals surface area contributed by atoms with Crippen molar-refractivity contribution >= 4 is 43.1 Å². The van der Waals surface area contributed by atoms with E-state index in [1.165, 1.54) is 0 Å². The molecule has 214 valence electrons. The van der Waals surface area contributed by atoms with E-state index in [1.54, 1.807) is 0 Å². The molecule has 0 aliphatic heterocycles. The average Bonchev–Trinajstić information content (AvgIpc) is 3.40. The van der Waals surface area contributed by atoms with Crippen molar-refractivity contribution < 1.29 is 41.1 Å². The number of hydrogen-bond acceptors (Lipinski definition) is 0. The Labute approximate surface area is 311 Å². The van der Waals surface area contributed by atoms with E-state index < -0.39 is 269 Å². The van der Waals surface area contributed by atoms with Crippen LogP contribution in [0.4, 0.5) is 0 Å². The van der Waals surface area contributed by atoms with E-state index in [0.717, 1.165) is 0 Å². The summed E-state index contributed by atoms with van der Waals surface area (Å²) in [7, 11) is 0. The highest BCUT2D eigenvalue weighted by Crippen LogP contribution is 2.48. The quantitative estimate of drug-likeness (QED) is 0.173. The minimum Gasteiger partial charge on any atom is -0.0622 e. The molecule has 0 bridgehead atoms. The van der Waals surface area contributed by atoms with E-state index in [1.807, 2.05) is 0 Å². The first-order valence-electron chi connectivity index (χ1n) is 28.5. The third-order valence-corrected chi connectivity index (χ3v) is 7.25. The van der Waals surface area contributed by atoms with Crippen LogP contribution in [0.1, 0.15) is 41.1 Å². The first-order valence-corrected chi connectivity index (χ1v) is 13.5. The van der Waals surface area contributed by atoms with Crippen molar-refractivity contribution in [3.8, 4) is 44.5 Å². The van der Waals surface area contributed by atoms with Crippen LogP contribution in [0.3, 0.4) is 0 Å². The highest BCUT2D eigenvalue weighted by molar-refractivity contribution is 6.24. The lowest BCUT2D eigenvalue weighted by molar-refractivity contribution is 1.60. The lowest BCUT2D eigenvalue weighted by atomic mass is 9.82. The van der Waals surface area contributed by atoms with Crippen LogP contribution in [-0.2, 0) is 0 Å². The van der Waals surface area contributed by atoms with Gasteiger partial charge in [-0.25, -0.2) is 0 Å². The molecule has 0 fully saturated rings. The van der Waals surface area contributed by atoms with Crippen LogP contribution < -0.4 is 0 Å². The van der Waals surface area contributed by atoms with Crippen LogP contribution in [0.2, 0.25) is 0 Å². The summed E-state index contributed by atoms with van der Waals surface area (Å²) in [5.41, 5.74) is -7.34. The molecule has 0 amide bonds. The summed E-state index contributed by atoms with van der Waals surface area (Å²) in [6.07, 6.45) is 0. The summed E-state index contributed by atoms with van der Waals surface area (Å²) in [5.74, 6) is 0. The Morgan fingerprint density at radius 1 is 0.261 bits per heavy atom. The standard InChI is InChI=1S/C46H30/c1-2-14-32(15-3-1)37-20-8-9-21-39(37)46-42-23-11-10-22-41(42)45(40-24-12-18-33-16-6-7-19-38(33)40)43-28-27-36(30-44(43)46)35-26-25-31-13-4-5-17-34(31)29-35/h1-30H/i1D,2D,3D,4D,5D,6D,7D,8D,9D,10D,11D,12D,13D,14D,15D,16D,17D,18D,19D,20D,21D,22D,23D,24D,25D,26D,27D,28D,29D,30D. The maximum absolute atomic E-state index is 10.3. The molecule has 0 spiro atoms. The van der Waals surface area contributed by atoms with Crippen molar-refractivity contribution in [3.63, 3.8) is 0 Å². The summed E-state index contributed by atoms with van der Waals surface area (Å²) in [6, 6.07) is -31.0. The van der Waals surface area contributed by atoms with Crippen molar-refractivity contribution in [2.75, 3.05) is 0 Å². The van der Waals surface area contributed by atoms with Gasteiger partial charge in [0.15, 0.2) is 0 Å². The normalized spacial score (nSPS) is 20.6. The molecule has 9 aromatic carbocycles. The predicted octanol–water partition coefficient (Wildman–Crippen LogP) is 13.0. The van der Waals surface area contributed by atoms with Gasteiger partial charge in [-0.05, 0) is 99.7 Å². The highest BCUT2D eigenvalue weighted by Gasteiger charge is 2.20. The topological polar surface area (TPSA) is 0 Å². The maximum atomic E-state index is 10.3. The lowest BCUT2D eigenvalue weighted by Crippen LogP contribution is -1.94. The van der Waals surface area contributed by atoms with Gasteiger partial charge in [0.25, 0.3) is 0 Å². The third-order valence-electron chi connectivity index (χ3n) is 7.25. The molecule has 0 saturated carbocycles. The van der Waals surface area contributed by atoms with E-state index >= 15 is 0 Å². The van der Waals surface area contributed by atoms with Crippen LogP contribution >= 0.6 is 0 Å². The molecule has 0 N–H and O–H groups in total. The van der Waals surface area contributed by atoms with Gasteiger partial charge >= 0.3 is 0 Å². The Morgan fingerprint density at radius 2 is 0.783 bits per heavy atom. The van der Waals surface area contributed by atoms with Crippen molar-refractivity contribution in [1.82, 2.24) is 0 Å². The van der Waals surface area contributed by atoms with Gasteiger partial charge in [0, 0.05) is 0 Å². The largest absolute Gasteiger partial charge is 0.0636 e. The molecule has 0 heterocycles. The predicted molar refractivity (Wildman–Crippen MR) is 198 cm³/mol. The Bertz CT molecular complexity index is 4240. The third kappa shape index (κ3) is 4.30. The van der Waals surface area contributed by atoms with Gasteiger partial charge < -0.3 is 0 Å². The fourth-order valence-corrected chi connectivity index (χ4v) is 5.31. The van der Waals surface area contributed by atoms with Gasteiger partial charge in [0.05, 0.1) is 41.1 Å². The molecule has 0 heteroatoms. The average molecular weight is 613 g/mol. The van der Waals surface area contributed by atoms with Gasteiger partial charge in [-0.15, -0.1) is 0 Å². The maximum Gasteiger partial charge on any atom is 0.0636 e. The molecule has 0 aliphatic carbocycles. The molecular weight excluding hydrogens is 553 g/mol. The zero-order chi connectivity index (χ0) is 56.6. The number of hydrogen-bond donors (Lipinski definition) is 0. The molecule has 0 saturated heterocycles. The van der Waals surface area contributed by atoms with Crippen LogP contribution in [0.25, 0.3) is 87.6 Å². The van der Waals surface area contributed by atoms with Gasteiger partial charge in [0.2, 0.25) is 0 Å². The van der Waals surface area contributed by atoms with E-state index in [9.17, 15) is 13.7 Å². The second-order valence-corrected chi connectivity index (χ2v) is 9.75. The molecule has 46 heavy (non-hydrogen) atoms. The van der Waals surface area contributed by atoms with E-state index in [0.29, 0.717) is 0 Å². The molecule has 0 unspecified atom stereocenters. The first-order chi connectivity index (χ1) is 35.3. The smallest absolute Gasteiger partial charge is 0.0622 e. The molecule has 0 aromatic heterocycles. The second kappa shape index (κ2) is 10.9. The molecule has 9 aromatic rings. The van der Waals surface area contributed by atoms with E-state index in [-0.39, 0.29) is 0 Å². The number of rotatable bonds is 4. The lowest BCUT2D eigenvalue weighted by Gasteiger charge is -2.21. The monoisotopic (exact) mass is 612 g/mol. The van der Waals surface area contributed by atoms with Crippen molar-refractivity contribution in [3.05, 3.63) is 181 Å². The summed E-state index contributed by atoms with van der Waals surface area (Å²) in [4.78, 5) is 0. The summed E-state index contributed by atoms with van der Waals surface area (Å²) in [6.45, 7) is 0. The Balaban J connectivity index is 1.74. The van der Waals surface area contributed by atoms with Crippen LogP contribution in [-0.4, -0.2) is 0 Å². The van der Waals surface area contributed by atoms with Crippen molar-refractivity contribution in [2.45, 2.75) is 0 Å². The van der Waals surface area contributed by atoms with Gasteiger partial charge in [-0.3, -0.25) is 0 Å². The fourth-order valence-electron chi connectivity index (χ4n) is 5.31. The minimum atomic E-state index is -1.19. The fraction of sp³-hybridized carbons (Fsp3) is 0. The molecule has 9 rings (SSSR count). The number of fused-ring (bicyclic) bond motifs is 4. The Morgan fingerprint density at radius 3 is 1.59 bits per heavy atom. The van der Waals surface area contributed by atoms with Crippen LogP contribution in [0.5, 0.6) is 0 Å². The van der Waals surface area contributed by atoms with Gasteiger partial charge in [-0.1, -0.05) is 169 Å². The molecule has 0 nitrogen and oxygen atoms in total. The van der Waals surface area contributed by atoms with E-state index in [4.69, 9.17) is 27.4 Å². The molecular formula is C46H30. The molecule has 0 aliphatic rings. The molecule has 0 atom stereocenters. The summed E-state index contributed by atoms with van der Waals surface area (Å²) >= 11 is 0. The zero-order valence-corrected chi connectivity index (χ0v) is 23.0. The summed E-state index contributed by atoms with van der Waals surface area (Å²) < 4.78 is 271. The number of benzene rings is 9. The molecule has 0 radical (unpaired) electrons. The Hall–Kier alpha value is -5.98. The Kier molecular flexibility index (Phi) is 2.37. The minimum absolute atomic E-state index is 0.633. The van der Waals surface area contributed by atoms with Crippen molar-refractivity contribution in [1.29, 1.82) is 0 Å². The highest BCUT2D eigenvalue weighted by atomic mass is 14.2. The van der Waals surface area contributed by atoms with Crippen molar-refractivity contribution in [2.24, 2.45) is 0 Å². The van der Waals surface area contributed by atoms with Crippen LogP contribution in [0, 0.1) is 0 Å². The first kappa shape index (κ1) is 10.0. The SMILES string of the molecule is [2H]c1c([2H])c([2H])c(-c2c([2H])c([2H])c([2H])c([2H])c2-c2c3c([2H])c([2H])c([2H])c([2H])c3c(-c3c([2H])c([2H])c([2H])c4c([2H])c([2H])c([2H])c([2H])c34)c3c([2H])c([2H])c(-c4c([2H])c([2H])c5c([2H])c([2H])c([2H])c([2H])c5c4[2H])c([2H])c23)c([2H])c1[2H]. The van der Waals surface area contributed by atoms with Gasteiger partial charge in [-0.2, -0.15) is 0 Å². The van der Waals surface area contributed by atoms with Crippen LogP contribution in [0.15, 0.2) is 181 Å². The summed E-state index contributed by atoms with van der Waals surface area (Å²) in [5, 5.41) is -6.39. The van der Waals surface area contributed by atoms with Gasteiger partial charge in [0.1, 0.15) is 0 Å². The second-order valence-electron chi connectivity index (χ2n) is 9.75. The van der Waals surface area contributed by atoms with E-state index in [2.05, 4.69) is 0 Å².